The summed E-state index contributed by atoms with van der Waals surface area (Å²) < 4.78 is 0. The quantitative estimate of drug-likeness (QED) is 0.282. The molecule has 0 aliphatic rings. The SMILES string of the molecule is CC(CNCC(C)C(C)(C)C)C(N)=NO. The zero-order valence-corrected chi connectivity index (χ0v) is 10.5. The van der Waals surface area contributed by atoms with Crippen molar-refractivity contribution in [3.05, 3.63) is 0 Å². The molecule has 0 saturated carbocycles. The molecule has 0 radical (unpaired) electrons. The lowest BCUT2D eigenvalue weighted by Gasteiger charge is -2.27. The minimum Gasteiger partial charge on any atom is -0.409 e. The highest BCUT2D eigenvalue weighted by Gasteiger charge is 2.19. The highest BCUT2D eigenvalue weighted by atomic mass is 16.4. The average molecular weight is 215 g/mol. The van der Waals surface area contributed by atoms with E-state index in [1.807, 2.05) is 6.92 Å². The topological polar surface area (TPSA) is 70.6 Å². The molecule has 0 aromatic carbocycles. The number of hydrogen-bond donors (Lipinski definition) is 3. The molecule has 0 saturated heterocycles. The van der Waals surface area contributed by atoms with Crippen LogP contribution in [0.4, 0.5) is 0 Å². The molecule has 0 aromatic rings. The number of hydrogen-bond acceptors (Lipinski definition) is 3. The number of nitrogens with one attached hydrogen (secondary N) is 1. The Hall–Kier alpha value is -0.770. The van der Waals surface area contributed by atoms with Crippen LogP contribution in [0, 0.1) is 17.3 Å². The molecule has 0 bridgehead atoms. The van der Waals surface area contributed by atoms with Gasteiger partial charge < -0.3 is 16.3 Å². The number of rotatable bonds is 5. The molecule has 2 atom stereocenters. The van der Waals surface area contributed by atoms with Gasteiger partial charge in [-0.15, -0.1) is 0 Å². The van der Waals surface area contributed by atoms with Crippen LogP contribution in [0.1, 0.15) is 34.6 Å². The summed E-state index contributed by atoms with van der Waals surface area (Å²) in [5, 5.41) is 14.8. The first kappa shape index (κ1) is 14.2. The molecule has 2 unspecified atom stereocenters. The molecule has 4 heteroatoms. The Kier molecular flexibility index (Phi) is 5.65. The van der Waals surface area contributed by atoms with E-state index in [2.05, 4.69) is 38.2 Å². The second-order valence-electron chi connectivity index (χ2n) is 5.35. The van der Waals surface area contributed by atoms with Crippen LogP contribution < -0.4 is 11.1 Å². The van der Waals surface area contributed by atoms with E-state index in [0.29, 0.717) is 11.3 Å². The predicted molar refractivity (Wildman–Crippen MR) is 64.1 cm³/mol. The first-order chi connectivity index (χ1) is 6.79. The van der Waals surface area contributed by atoms with Gasteiger partial charge in [-0.05, 0) is 17.9 Å². The van der Waals surface area contributed by atoms with Gasteiger partial charge in [-0.3, -0.25) is 0 Å². The van der Waals surface area contributed by atoms with Crippen molar-refractivity contribution in [2.45, 2.75) is 34.6 Å². The fourth-order valence-corrected chi connectivity index (χ4v) is 1.03. The average Bonchev–Trinajstić information content (AvgIpc) is 2.14. The summed E-state index contributed by atoms with van der Waals surface area (Å²) >= 11 is 0. The molecule has 0 heterocycles. The van der Waals surface area contributed by atoms with Crippen molar-refractivity contribution in [3.8, 4) is 0 Å². The monoisotopic (exact) mass is 215 g/mol. The summed E-state index contributed by atoms with van der Waals surface area (Å²) in [6.45, 7) is 12.5. The molecular weight excluding hydrogens is 190 g/mol. The van der Waals surface area contributed by atoms with E-state index >= 15 is 0 Å². The van der Waals surface area contributed by atoms with Crippen molar-refractivity contribution in [2.75, 3.05) is 13.1 Å². The summed E-state index contributed by atoms with van der Waals surface area (Å²) in [7, 11) is 0. The van der Waals surface area contributed by atoms with Gasteiger partial charge in [0, 0.05) is 12.5 Å². The summed E-state index contributed by atoms with van der Waals surface area (Å²) in [4.78, 5) is 0. The van der Waals surface area contributed by atoms with Crippen LogP contribution in [0.3, 0.4) is 0 Å². The zero-order valence-electron chi connectivity index (χ0n) is 10.5. The number of oxime groups is 1. The van der Waals surface area contributed by atoms with E-state index in [4.69, 9.17) is 10.9 Å². The second-order valence-corrected chi connectivity index (χ2v) is 5.35. The Morgan fingerprint density at radius 3 is 2.27 bits per heavy atom. The maximum absolute atomic E-state index is 8.48. The largest absolute Gasteiger partial charge is 0.409 e. The Morgan fingerprint density at radius 1 is 1.33 bits per heavy atom. The maximum atomic E-state index is 8.48. The Balaban J connectivity index is 3.81. The summed E-state index contributed by atoms with van der Waals surface area (Å²) in [5.41, 5.74) is 5.79. The van der Waals surface area contributed by atoms with Gasteiger partial charge in [0.15, 0.2) is 0 Å². The predicted octanol–water partition coefficient (Wildman–Crippen LogP) is 1.64. The third-order valence-electron chi connectivity index (χ3n) is 3.00. The van der Waals surface area contributed by atoms with E-state index in [-0.39, 0.29) is 11.8 Å². The summed E-state index contributed by atoms with van der Waals surface area (Å²) in [6.07, 6.45) is 0. The fraction of sp³-hybridized carbons (Fsp3) is 0.909. The van der Waals surface area contributed by atoms with Crippen molar-refractivity contribution < 1.29 is 5.21 Å². The first-order valence-electron chi connectivity index (χ1n) is 5.47. The lowest BCUT2D eigenvalue weighted by atomic mass is 9.82. The normalized spacial score (nSPS) is 17.5. The molecule has 0 aliphatic carbocycles. The summed E-state index contributed by atoms with van der Waals surface area (Å²) in [5.74, 6) is 0.949. The Bertz CT molecular complexity index is 208. The third kappa shape index (κ3) is 5.62. The molecule has 0 aromatic heterocycles. The maximum Gasteiger partial charge on any atom is 0.143 e. The van der Waals surface area contributed by atoms with Crippen molar-refractivity contribution in [3.63, 3.8) is 0 Å². The highest BCUT2D eigenvalue weighted by Crippen LogP contribution is 2.24. The van der Waals surface area contributed by atoms with E-state index in [9.17, 15) is 0 Å². The van der Waals surface area contributed by atoms with Crippen LogP contribution in [-0.2, 0) is 0 Å². The van der Waals surface area contributed by atoms with Crippen LogP contribution in [0.25, 0.3) is 0 Å². The molecule has 0 aliphatic heterocycles. The van der Waals surface area contributed by atoms with Crippen molar-refractivity contribution in [1.29, 1.82) is 0 Å². The van der Waals surface area contributed by atoms with Gasteiger partial charge in [-0.25, -0.2) is 0 Å². The van der Waals surface area contributed by atoms with Gasteiger partial charge in [0.2, 0.25) is 0 Å². The molecular formula is C11H25N3O. The Labute approximate surface area is 92.9 Å². The lowest BCUT2D eigenvalue weighted by molar-refractivity contribution is 0.251. The lowest BCUT2D eigenvalue weighted by Crippen LogP contribution is -2.36. The number of amidine groups is 1. The third-order valence-corrected chi connectivity index (χ3v) is 3.00. The van der Waals surface area contributed by atoms with Crippen LogP contribution in [0.2, 0.25) is 0 Å². The molecule has 4 N–H and O–H groups in total. The molecule has 4 nitrogen and oxygen atoms in total. The van der Waals surface area contributed by atoms with Crippen LogP contribution in [0.15, 0.2) is 5.16 Å². The van der Waals surface area contributed by atoms with Crippen LogP contribution in [0.5, 0.6) is 0 Å². The number of nitrogens with two attached hydrogens (primary N) is 1. The van der Waals surface area contributed by atoms with Crippen molar-refractivity contribution in [1.82, 2.24) is 5.32 Å². The van der Waals surface area contributed by atoms with Crippen molar-refractivity contribution in [2.24, 2.45) is 28.1 Å². The molecule has 0 spiro atoms. The van der Waals surface area contributed by atoms with E-state index in [1.165, 1.54) is 0 Å². The van der Waals surface area contributed by atoms with E-state index in [1.54, 1.807) is 0 Å². The van der Waals surface area contributed by atoms with Crippen LogP contribution in [-0.4, -0.2) is 24.1 Å². The van der Waals surface area contributed by atoms with Crippen molar-refractivity contribution >= 4 is 5.84 Å². The van der Waals surface area contributed by atoms with Gasteiger partial charge in [0.1, 0.15) is 5.84 Å². The van der Waals surface area contributed by atoms with E-state index < -0.39 is 0 Å². The van der Waals surface area contributed by atoms with Gasteiger partial charge in [-0.1, -0.05) is 39.8 Å². The molecule has 15 heavy (non-hydrogen) atoms. The van der Waals surface area contributed by atoms with Gasteiger partial charge >= 0.3 is 0 Å². The second kappa shape index (κ2) is 5.95. The Morgan fingerprint density at radius 2 is 1.87 bits per heavy atom. The van der Waals surface area contributed by atoms with Gasteiger partial charge in [-0.2, -0.15) is 0 Å². The fourth-order valence-electron chi connectivity index (χ4n) is 1.03. The zero-order chi connectivity index (χ0) is 12.1. The molecule has 0 rings (SSSR count). The van der Waals surface area contributed by atoms with Gasteiger partial charge in [0.25, 0.3) is 0 Å². The molecule has 0 amide bonds. The minimum absolute atomic E-state index is 0.0715. The first-order valence-corrected chi connectivity index (χ1v) is 5.47. The van der Waals surface area contributed by atoms with Crippen LogP contribution >= 0.6 is 0 Å². The van der Waals surface area contributed by atoms with Gasteiger partial charge in [0.05, 0.1) is 0 Å². The van der Waals surface area contributed by atoms with E-state index in [0.717, 1.165) is 13.1 Å². The smallest absolute Gasteiger partial charge is 0.143 e. The molecule has 0 fully saturated rings. The number of nitrogens with zero attached hydrogens (tertiary/aromatic N) is 1. The summed E-state index contributed by atoms with van der Waals surface area (Å²) in [6, 6.07) is 0. The minimum atomic E-state index is 0.0715. The highest BCUT2D eigenvalue weighted by molar-refractivity contribution is 5.82. The standard InChI is InChI=1S/C11H25N3O/c1-8(10(12)14-15)6-13-7-9(2)11(3,4)5/h8-9,13,15H,6-7H2,1-5H3,(H2,12,14). The molecule has 90 valence electrons.